The van der Waals surface area contributed by atoms with Gasteiger partial charge in [-0.05, 0) is 6.92 Å². The number of halogens is 2. The van der Waals surface area contributed by atoms with Gasteiger partial charge in [0.2, 0.25) is 0 Å². The summed E-state index contributed by atoms with van der Waals surface area (Å²) in [4.78, 5) is 11.2. The number of alkyl halides is 2. The Hall–Kier alpha value is 0.130. The van der Waals surface area contributed by atoms with Crippen LogP contribution in [0.25, 0.3) is 0 Å². The van der Waals surface area contributed by atoms with E-state index in [1.54, 1.807) is 0 Å². The van der Waals surface area contributed by atoms with Gasteiger partial charge in [0.1, 0.15) is 5.78 Å². The molecule has 0 radical (unpaired) electrons. The van der Waals surface area contributed by atoms with Gasteiger partial charge in [-0.25, -0.2) is 0 Å². The SMILES string of the molecule is COC1C(Cl)C(O)C(C(C)=O)C(O)C1Cl. The van der Waals surface area contributed by atoms with Crippen molar-refractivity contribution < 1.29 is 19.7 Å². The molecule has 15 heavy (non-hydrogen) atoms. The van der Waals surface area contributed by atoms with Crippen molar-refractivity contribution in [3.63, 3.8) is 0 Å². The topological polar surface area (TPSA) is 66.8 Å². The van der Waals surface area contributed by atoms with Crippen LogP contribution in [0.4, 0.5) is 0 Å². The molecule has 0 aromatic carbocycles. The zero-order valence-electron chi connectivity index (χ0n) is 8.43. The summed E-state index contributed by atoms with van der Waals surface area (Å²) in [5, 5.41) is 17.9. The summed E-state index contributed by atoms with van der Waals surface area (Å²) < 4.78 is 4.99. The molecule has 0 spiro atoms. The predicted molar refractivity (Wildman–Crippen MR) is 56.3 cm³/mol. The number of Topliss-reactive ketones (excluding diaryl/α,β-unsaturated/α-hetero) is 1. The van der Waals surface area contributed by atoms with Crippen LogP contribution in [-0.2, 0) is 9.53 Å². The van der Waals surface area contributed by atoms with E-state index in [1.165, 1.54) is 14.0 Å². The minimum Gasteiger partial charge on any atom is -0.391 e. The minimum absolute atomic E-state index is 0.333. The Labute approximate surface area is 98.1 Å². The monoisotopic (exact) mass is 256 g/mol. The minimum atomic E-state index is -1.14. The molecule has 0 heterocycles. The van der Waals surface area contributed by atoms with Crippen LogP contribution in [0.2, 0.25) is 0 Å². The van der Waals surface area contributed by atoms with E-state index in [-0.39, 0.29) is 5.78 Å². The summed E-state index contributed by atoms with van der Waals surface area (Å²) in [6, 6.07) is 0. The van der Waals surface area contributed by atoms with Gasteiger partial charge in [0.05, 0.1) is 35.0 Å². The van der Waals surface area contributed by atoms with Gasteiger partial charge in [-0.3, -0.25) is 4.79 Å². The maximum Gasteiger partial charge on any atom is 0.138 e. The molecule has 1 aliphatic rings. The lowest BCUT2D eigenvalue weighted by molar-refractivity contribution is -0.137. The third-order valence-corrected chi connectivity index (χ3v) is 3.77. The zero-order chi connectivity index (χ0) is 11.7. The Balaban J connectivity index is 2.93. The molecule has 1 aliphatic carbocycles. The molecule has 1 fully saturated rings. The molecule has 4 atom stereocenters. The molecule has 0 aromatic heterocycles. The van der Waals surface area contributed by atoms with E-state index < -0.39 is 35.0 Å². The number of hydrogen-bond acceptors (Lipinski definition) is 4. The average molecular weight is 257 g/mol. The number of ether oxygens (including phenoxy) is 1. The van der Waals surface area contributed by atoms with E-state index in [0.29, 0.717) is 0 Å². The summed E-state index contributed by atoms with van der Waals surface area (Å²) in [7, 11) is 1.39. The molecular formula is C9H14Cl2O4. The number of rotatable bonds is 2. The van der Waals surface area contributed by atoms with Gasteiger partial charge in [0.15, 0.2) is 0 Å². The number of ketones is 1. The molecule has 6 heteroatoms. The first-order valence-corrected chi connectivity index (χ1v) is 5.46. The lowest BCUT2D eigenvalue weighted by Gasteiger charge is -2.41. The first-order chi connectivity index (χ1) is 6.91. The molecule has 2 N–H and O–H groups in total. The van der Waals surface area contributed by atoms with Crippen molar-refractivity contribution in [1.29, 1.82) is 0 Å². The Kier molecular flexibility index (Phi) is 4.38. The van der Waals surface area contributed by atoms with E-state index in [9.17, 15) is 15.0 Å². The molecule has 1 saturated carbocycles. The lowest BCUT2D eigenvalue weighted by Crippen LogP contribution is -2.59. The molecule has 88 valence electrons. The molecule has 0 aromatic rings. The highest BCUT2D eigenvalue weighted by Crippen LogP contribution is 2.34. The van der Waals surface area contributed by atoms with Crippen LogP contribution in [0, 0.1) is 5.92 Å². The van der Waals surface area contributed by atoms with Gasteiger partial charge in [0.25, 0.3) is 0 Å². The van der Waals surface area contributed by atoms with Crippen molar-refractivity contribution in [2.75, 3.05) is 7.11 Å². The number of methoxy groups -OCH3 is 1. The fourth-order valence-electron chi connectivity index (χ4n) is 1.90. The Morgan fingerprint density at radius 2 is 1.60 bits per heavy atom. The Morgan fingerprint density at radius 1 is 1.20 bits per heavy atom. The van der Waals surface area contributed by atoms with Gasteiger partial charge in [-0.1, -0.05) is 0 Å². The van der Waals surface area contributed by atoms with Crippen LogP contribution in [0.5, 0.6) is 0 Å². The van der Waals surface area contributed by atoms with E-state index in [0.717, 1.165) is 0 Å². The van der Waals surface area contributed by atoms with Gasteiger partial charge < -0.3 is 14.9 Å². The maximum atomic E-state index is 11.2. The second kappa shape index (κ2) is 4.97. The van der Waals surface area contributed by atoms with E-state index in [1.807, 2.05) is 0 Å². The second-order valence-corrected chi connectivity index (χ2v) is 4.71. The lowest BCUT2D eigenvalue weighted by atomic mass is 9.79. The molecule has 1 rings (SSSR count). The van der Waals surface area contributed by atoms with Crippen molar-refractivity contribution in [2.24, 2.45) is 5.92 Å². The van der Waals surface area contributed by atoms with Crippen molar-refractivity contribution in [3.05, 3.63) is 0 Å². The molecule has 4 unspecified atom stereocenters. The van der Waals surface area contributed by atoms with Gasteiger partial charge >= 0.3 is 0 Å². The fourth-order valence-corrected chi connectivity index (χ4v) is 2.81. The average Bonchev–Trinajstić information content (AvgIpc) is 2.16. The Morgan fingerprint density at radius 3 is 1.87 bits per heavy atom. The molecule has 0 aliphatic heterocycles. The number of carbonyl (C=O) groups is 1. The third kappa shape index (κ3) is 2.29. The van der Waals surface area contributed by atoms with Crippen LogP contribution < -0.4 is 0 Å². The van der Waals surface area contributed by atoms with Crippen LogP contribution >= 0.6 is 23.2 Å². The van der Waals surface area contributed by atoms with E-state index >= 15 is 0 Å². The summed E-state index contributed by atoms with van der Waals surface area (Å²) >= 11 is 11.8. The highest BCUT2D eigenvalue weighted by Gasteiger charge is 2.50. The standard InChI is InChI=1S/C9H14Cl2O4/c1-3(12)4-7(13)5(10)9(15-2)6(11)8(4)14/h4-9,13-14H,1-2H3. The first kappa shape index (κ1) is 13.2. The molecule has 0 saturated heterocycles. The normalized spacial score (nSPS) is 46.5. The highest BCUT2D eigenvalue weighted by atomic mass is 35.5. The van der Waals surface area contributed by atoms with Gasteiger partial charge in [0, 0.05) is 7.11 Å². The van der Waals surface area contributed by atoms with Crippen molar-refractivity contribution >= 4 is 29.0 Å². The van der Waals surface area contributed by atoms with Crippen LogP contribution in [0.1, 0.15) is 6.92 Å². The summed E-state index contributed by atoms with van der Waals surface area (Å²) in [5.41, 5.74) is 0. The van der Waals surface area contributed by atoms with Crippen molar-refractivity contribution in [2.45, 2.75) is 36.0 Å². The van der Waals surface area contributed by atoms with Crippen molar-refractivity contribution in [3.8, 4) is 0 Å². The van der Waals surface area contributed by atoms with Gasteiger partial charge in [-0.15, -0.1) is 23.2 Å². The second-order valence-electron chi connectivity index (χ2n) is 3.71. The predicted octanol–water partition coefficient (Wildman–Crippen LogP) is 0.157. The highest BCUT2D eigenvalue weighted by molar-refractivity contribution is 6.25. The third-order valence-electron chi connectivity index (χ3n) is 2.76. The maximum absolute atomic E-state index is 11.2. The van der Waals surface area contributed by atoms with Crippen LogP contribution in [0.15, 0.2) is 0 Å². The van der Waals surface area contributed by atoms with E-state index in [2.05, 4.69) is 0 Å². The number of aliphatic hydroxyl groups is 2. The van der Waals surface area contributed by atoms with Crippen molar-refractivity contribution in [1.82, 2.24) is 0 Å². The fraction of sp³-hybridized carbons (Fsp3) is 0.889. The van der Waals surface area contributed by atoms with Gasteiger partial charge in [-0.2, -0.15) is 0 Å². The smallest absolute Gasteiger partial charge is 0.138 e. The summed E-state index contributed by atoms with van der Waals surface area (Å²) in [6.45, 7) is 1.29. The van der Waals surface area contributed by atoms with E-state index in [4.69, 9.17) is 27.9 Å². The molecule has 0 bridgehead atoms. The molecule has 0 amide bonds. The first-order valence-electron chi connectivity index (χ1n) is 4.59. The quantitative estimate of drug-likeness (QED) is 0.691. The van der Waals surface area contributed by atoms with Crippen LogP contribution in [-0.4, -0.2) is 52.2 Å². The largest absolute Gasteiger partial charge is 0.391 e. The number of hydrogen-bond donors (Lipinski definition) is 2. The van der Waals surface area contributed by atoms with Crippen LogP contribution in [0.3, 0.4) is 0 Å². The summed E-state index contributed by atoms with van der Waals surface area (Å²) in [6.07, 6.45) is -2.95. The number of carbonyl (C=O) groups excluding carboxylic acids is 1. The Bertz CT molecular complexity index is 232. The number of aliphatic hydroxyl groups excluding tert-OH is 2. The zero-order valence-corrected chi connectivity index (χ0v) is 9.94. The molecular weight excluding hydrogens is 243 g/mol. The summed E-state index contributed by atoms with van der Waals surface area (Å²) in [5.74, 6) is -1.28. The molecule has 4 nitrogen and oxygen atoms in total.